The first-order valence-corrected chi connectivity index (χ1v) is 5.67. The largest absolute Gasteiger partial charge is 0.466 e. The van der Waals surface area contributed by atoms with Gasteiger partial charge in [0.25, 0.3) is 0 Å². The van der Waals surface area contributed by atoms with Crippen molar-refractivity contribution in [2.45, 2.75) is 13.3 Å². The van der Waals surface area contributed by atoms with Crippen LogP contribution in [-0.2, 0) is 9.53 Å². The maximum absolute atomic E-state index is 11.2. The molecule has 0 fully saturated rings. The lowest BCUT2D eigenvalue weighted by Gasteiger charge is -2.00. The van der Waals surface area contributed by atoms with Gasteiger partial charge < -0.3 is 14.9 Å². The molecule has 0 saturated carbocycles. The number of carbonyl (C=O) groups excluding carboxylic acids is 1. The molecule has 0 aliphatic rings. The lowest BCUT2D eigenvalue weighted by atomic mass is 10.4. The number of carbonyl (C=O) groups is 1. The van der Waals surface area contributed by atoms with Gasteiger partial charge in [-0.15, -0.1) is 0 Å². The molecule has 0 saturated heterocycles. The summed E-state index contributed by atoms with van der Waals surface area (Å²) in [5, 5.41) is 24.8. The summed E-state index contributed by atoms with van der Waals surface area (Å²) in [6.07, 6.45) is 0.580. The van der Waals surface area contributed by atoms with Crippen molar-refractivity contribution in [2.75, 3.05) is 12.0 Å². The van der Waals surface area contributed by atoms with Gasteiger partial charge in [-0.25, -0.2) is 4.98 Å². The van der Waals surface area contributed by atoms with Crippen molar-refractivity contribution >= 4 is 23.3 Å². The SMILES string of the molecule is CCOC(=O)C/C(=N\Nc1ncccc1[N+](=O)[O-])[N+](=O)[O-]. The van der Waals surface area contributed by atoms with Crippen LogP contribution in [0.4, 0.5) is 11.5 Å². The van der Waals surface area contributed by atoms with Crippen LogP contribution in [-0.4, -0.2) is 33.2 Å². The number of aromatic nitrogens is 1. The number of nitrogens with one attached hydrogen (secondary N) is 1. The van der Waals surface area contributed by atoms with Gasteiger partial charge in [-0.05, 0) is 17.9 Å². The summed E-state index contributed by atoms with van der Waals surface area (Å²) in [7, 11) is 0. The van der Waals surface area contributed by atoms with Crippen LogP contribution in [0, 0.1) is 20.2 Å². The molecule has 0 spiro atoms. The number of pyridine rings is 1. The van der Waals surface area contributed by atoms with E-state index < -0.39 is 33.8 Å². The molecule has 112 valence electrons. The molecule has 0 bridgehead atoms. The van der Waals surface area contributed by atoms with Gasteiger partial charge in [0.05, 0.1) is 16.6 Å². The van der Waals surface area contributed by atoms with Gasteiger partial charge in [0.2, 0.25) is 5.82 Å². The molecule has 0 amide bonds. The van der Waals surface area contributed by atoms with Gasteiger partial charge in [-0.3, -0.25) is 14.9 Å². The molecule has 0 radical (unpaired) electrons. The minimum absolute atomic E-state index is 0.0724. The van der Waals surface area contributed by atoms with Crippen molar-refractivity contribution in [2.24, 2.45) is 5.10 Å². The summed E-state index contributed by atoms with van der Waals surface area (Å²) in [4.78, 5) is 34.7. The van der Waals surface area contributed by atoms with Crippen LogP contribution >= 0.6 is 0 Å². The first-order valence-electron chi connectivity index (χ1n) is 5.67. The monoisotopic (exact) mass is 297 g/mol. The van der Waals surface area contributed by atoms with Gasteiger partial charge >= 0.3 is 17.5 Å². The summed E-state index contributed by atoms with van der Waals surface area (Å²) < 4.78 is 4.56. The molecule has 1 aromatic rings. The molecule has 0 aliphatic carbocycles. The van der Waals surface area contributed by atoms with Crippen LogP contribution in [0.5, 0.6) is 0 Å². The highest BCUT2D eigenvalue weighted by molar-refractivity contribution is 5.93. The fourth-order valence-electron chi connectivity index (χ4n) is 1.23. The Bertz CT molecular complexity index is 587. The molecule has 1 aromatic heterocycles. The van der Waals surface area contributed by atoms with Crippen LogP contribution in [0.25, 0.3) is 0 Å². The predicted molar refractivity (Wildman–Crippen MR) is 70.2 cm³/mol. The molecule has 0 aliphatic heterocycles. The lowest BCUT2D eigenvalue weighted by molar-refractivity contribution is -0.384. The predicted octanol–water partition coefficient (Wildman–Crippen LogP) is 0.945. The van der Waals surface area contributed by atoms with E-state index in [0.29, 0.717) is 0 Å². The second kappa shape index (κ2) is 7.47. The van der Waals surface area contributed by atoms with Crippen molar-refractivity contribution in [3.63, 3.8) is 0 Å². The second-order valence-corrected chi connectivity index (χ2v) is 3.51. The number of nitro groups is 2. The number of ether oxygens (including phenoxy) is 1. The van der Waals surface area contributed by atoms with Crippen molar-refractivity contribution in [1.29, 1.82) is 0 Å². The molecular weight excluding hydrogens is 286 g/mol. The Morgan fingerprint density at radius 3 is 2.76 bits per heavy atom. The van der Waals surface area contributed by atoms with Crippen molar-refractivity contribution < 1.29 is 19.4 Å². The van der Waals surface area contributed by atoms with Crippen LogP contribution in [0.1, 0.15) is 13.3 Å². The van der Waals surface area contributed by atoms with E-state index in [4.69, 9.17) is 0 Å². The Morgan fingerprint density at radius 2 is 2.19 bits per heavy atom. The highest BCUT2D eigenvalue weighted by Gasteiger charge is 2.21. The summed E-state index contributed by atoms with van der Waals surface area (Å²) >= 11 is 0. The van der Waals surface area contributed by atoms with E-state index in [0.717, 1.165) is 6.07 Å². The normalized spacial score (nSPS) is 10.8. The topological polar surface area (TPSA) is 150 Å². The molecule has 11 heteroatoms. The zero-order chi connectivity index (χ0) is 15.8. The summed E-state index contributed by atoms with van der Waals surface area (Å²) in [6, 6.07) is 2.49. The lowest BCUT2D eigenvalue weighted by Crippen LogP contribution is -2.20. The average molecular weight is 297 g/mol. The van der Waals surface area contributed by atoms with Crippen LogP contribution in [0.15, 0.2) is 23.4 Å². The molecule has 1 heterocycles. The maximum Gasteiger partial charge on any atom is 0.375 e. The van der Waals surface area contributed by atoms with E-state index in [-0.39, 0.29) is 12.4 Å². The minimum atomic E-state index is -0.890. The molecule has 1 rings (SSSR count). The van der Waals surface area contributed by atoms with Crippen molar-refractivity contribution in [3.8, 4) is 0 Å². The first-order chi connectivity index (χ1) is 9.95. The van der Waals surface area contributed by atoms with Crippen molar-refractivity contribution in [3.05, 3.63) is 38.6 Å². The Balaban J connectivity index is 2.91. The molecule has 11 nitrogen and oxygen atoms in total. The van der Waals surface area contributed by atoms with E-state index >= 15 is 0 Å². The summed E-state index contributed by atoms with van der Waals surface area (Å²) in [5.74, 6) is -1.84. The van der Waals surface area contributed by atoms with Gasteiger partial charge in [-0.1, -0.05) is 0 Å². The molecule has 0 unspecified atom stereocenters. The van der Waals surface area contributed by atoms with Crippen molar-refractivity contribution in [1.82, 2.24) is 4.98 Å². The Hall–Kier alpha value is -3.11. The Labute approximate surface area is 117 Å². The highest BCUT2D eigenvalue weighted by atomic mass is 16.6. The van der Waals surface area contributed by atoms with Crippen LogP contribution in [0.2, 0.25) is 0 Å². The molecule has 1 N–H and O–H groups in total. The van der Waals surface area contributed by atoms with Gasteiger partial charge in [0.1, 0.15) is 0 Å². The van der Waals surface area contributed by atoms with E-state index in [1.165, 1.54) is 12.3 Å². The smallest absolute Gasteiger partial charge is 0.375 e. The zero-order valence-electron chi connectivity index (χ0n) is 10.9. The molecule has 0 aromatic carbocycles. The quantitative estimate of drug-likeness (QED) is 0.268. The van der Waals surface area contributed by atoms with E-state index in [1.807, 2.05) is 0 Å². The zero-order valence-corrected chi connectivity index (χ0v) is 10.9. The third-order valence-electron chi connectivity index (χ3n) is 2.09. The van der Waals surface area contributed by atoms with Gasteiger partial charge in [-0.2, -0.15) is 5.43 Å². The highest BCUT2D eigenvalue weighted by Crippen LogP contribution is 2.20. The van der Waals surface area contributed by atoms with E-state index in [1.54, 1.807) is 6.92 Å². The summed E-state index contributed by atoms with van der Waals surface area (Å²) in [5.41, 5.74) is 1.71. The number of hydrogen-bond donors (Lipinski definition) is 1. The summed E-state index contributed by atoms with van der Waals surface area (Å²) in [6.45, 7) is 1.62. The molecular formula is C10H11N5O6. The average Bonchev–Trinajstić information content (AvgIpc) is 2.43. The number of esters is 1. The fourth-order valence-corrected chi connectivity index (χ4v) is 1.23. The number of hydrogen-bond acceptors (Lipinski definition) is 9. The first kappa shape index (κ1) is 15.9. The van der Waals surface area contributed by atoms with Gasteiger partial charge in [0, 0.05) is 12.3 Å². The minimum Gasteiger partial charge on any atom is -0.466 e. The number of anilines is 1. The number of nitrogens with zero attached hydrogens (tertiary/aromatic N) is 4. The molecule has 21 heavy (non-hydrogen) atoms. The number of amidine groups is 1. The Morgan fingerprint density at radius 1 is 1.48 bits per heavy atom. The van der Waals surface area contributed by atoms with Gasteiger partial charge in [0.15, 0.2) is 6.42 Å². The second-order valence-electron chi connectivity index (χ2n) is 3.51. The third-order valence-corrected chi connectivity index (χ3v) is 2.09. The third kappa shape index (κ3) is 4.81. The van der Waals surface area contributed by atoms with E-state index in [2.05, 4.69) is 20.2 Å². The maximum atomic E-state index is 11.2. The number of hydrazone groups is 1. The number of rotatable bonds is 6. The van der Waals surface area contributed by atoms with Crippen LogP contribution in [0.3, 0.4) is 0 Å². The Kier molecular flexibility index (Phi) is 5.67. The standard InChI is InChI=1S/C10H11N5O6/c1-2-21-9(16)6-8(15(19)20)12-13-10-7(14(17)18)4-3-5-11-10/h3-5H,2,6H2,1H3,(H,11,13)/b12-8+. The van der Waals surface area contributed by atoms with E-state index in [9.17, 15) is 25.0 Å². The molecule has 0 atom stereocenters. The fraction of sp³-hybridized carbons (Fsp3) is 0.300. The van der Waals surface area contributed by atoms with Crippen LogP contribution < -0.4 is 5.43 Å².